The molecular formula is C17H23NO5. The summed E-state index contributed by atoms with van der Waals surface area (Å²) in [7, 11) is 0. The van der Waals surface area contributed by atoms with Crippen molar-refractivity contribution in [2.75, 3.05) is 19.7 Å². The summed E-state index contributed by atoms with van der Waals surface area (Å²) in [5.74, 6) is -0.292. The average Bonchev–Trinajstić information content (AvgIpc) is 2.50. The SMILES string of the molecule is Cc1cccc(OCCCC(=O)N2CC(C(=O)O)O[C@H](C)C2)c1. The Morgan fingerprint density at radius 3 is 2.87 bits per heavy atom. The van der Waals surface area contributed by atoms with Gasteiger partial charge in [0.25, 0.3) is 0 Å². The Morgan fingerprint density at radius 2 is 2.17 bits per heavy atom. The molecule has 2 rings (SSSR count). The lowest BCUT2D eigenvalue weighted by atomic mass is 10.2. The van der Waals surface area contributed by atoms with Gasteiger partial charge in [0.15, 0.2) is 6.10 Å². The molecule has 0 aliphatic carbocycles. The van der Waals surface area contributed by atoms with E-state index in [-0.39, 0.29) is 18.6 Å². The van der Waals surface area contributed by atoms with E-state index >= 15 is 0 Å². The number of carboxylic acids is 1. The molecule has 0 saturated carbocycles. The van der Waals surface area contributed by atoms with Crippen LogP contribution in [-0.2, 0) is 14.3 Å². The zero-order valence-electron chi connectivity index (χ0n) is 13.5. The monoisotopic (exact) mass is 321 g/mol. The minimum Gasteiger partial charge on any atom is -0.494 e. The van der Waals surface area contributed by atoms with Crippen LogP contribution in [0.4, 0.5) is 0 Å². The topological polar surface area (TPSA) is 76.1 Å². The zero-order valence-corrected chi connectivity index (χ0v) is 13.5. The third kappa shape index (κ3) is 5.25. The number of aryl methyl sites for hydroxylation is 1. The first-order valence-corrected chi connectivity index (χ1v) is 7.81. The molecule has 1 aliphatic rings. The van der Waals surface area contributed by atoms with E-state index in [1.807, 2.05) is 31.2 Å². The maximum Gasteiger partial charge on any atom is 0.334 e. The van der Waals surface area contributed by atoms with Crippen molar-refractivity contribution >= 4 is 11.9 Å². The number of amides is 1. The first-order chi connectivity index (χ1) is 11.0. The quantitative estimate of drug-likeness (QED) is 0.809. The summed E-state index contributed by atoms with van der Waals surface area (Å²) < 4.78 is 10.9. The van der Waals surface area contributed by atoms with Gasteiger partial charge in [0.1, 0.15) is 5.75 Å². The Hall–Kier alpha value is -2.08. The molecule has 1 aromatic rings. The van der Waals surface area contributed by atoms with Gasteiger partial charge in [-0.2, -0.15) is 0 Å². The molecule has 1 aromatic carbocycles. The normalized spacial score (nSPS) is 21.0. The Bertz CT molecular complexity index is 560. The summed E-state index contributed by atoms with van der Waals surface area (Å²) in [6.07, 6.45) is -0.273. The molecule has 0 bridgehead atoms. The lowest BCUT2D eigenvalue weighted by molar-refractivity contribution is -0.166. The molecule has 6 heteroatoms. The van der Waals surface area contributed by atoms with Gasteiger partial charge in [-0.05, 0) is 38.0 Å². The van der Waals surface area contributed by atoms with E-state index in [1.165, 1.54) is 0 Å². The third-order valence-corrected chi connectivity index (χ3v) is 3.68. The van der Waals surface area contributed by atoms with Crippen LogP contribution in [0, 0.1) is 6.92 Å². The van der Waals surface area contributed by atoms with Gasteiger partial charge in [0, 0.05) is 13.0 Å². The number of carbonyl (C=O) groups is 2. The number of hydrogen-bond acceptors (Lipinski definition) is 4. The van der Waals surface area contributed by atoms with Gasteiger partial charge >= 0.3 is 5.97 Å². The van der Waals surface area contributed by atoms with Crippen LogP contribution in [0.2, 0.25) is 0 Å². The van der Waals surface area contributed by atoms with Crippen molar-refractivity contribution in [3.8, 4) is 5.75 Å². The number of ether oxygens (including phenoxy) is 2. The molecule has 0 aromatic heterocycles. The number of carbonyl (C=O) groups excluding carboxylic acids is 1. The standard InChI is InChI=1S/C17H23NO5/c1-12-5-3-6-14(9-12)22-8-4-7-16(19)18-10-13(2)23-15(11-18)17(20)21/h3,5-6,9,13,15H,4,7-8,10-11H2,1-2H3,(H,20,21)/t13-,15?/m1/s1. The fourth-order valence-electron chi connectivity index (χ4n) is 2.57. The summed E-state index contributed by atoms with van der Waals surface area (Å²) in [4.78, 5) is 24.8. The van der Waals surface area contributed by atoms with E-state index in [1.54, 1.807) is 11.8 Å². The number of nitrogens with zero attached hydrogens (tertiary/aromatic N) is 1. The number of hydrogen-bond donors (Lipinski definition) is 1. The Kier molecular flexibility index (Phi) is 5.98. The van der Waals surface area contributed by atoms with Crippen molar-refractivity contribution in [3.63, 3.8) is 0 Å². The number of aliphatic carboxylic acids is 1. The minimum absolute atomic E-state index is 0.0563. The van der Waals surface area contributed by atoms with E-state index in [2.05, 4.69) is 0 Å². The van der Waals surface area contributed by atoms with Crippen molar-refractivity contribution in [2.45, 2.75) is 38.9 Å². The molecule has 1 aliphatic heterocycles. The first kappa shape index (κ1) is 17.3. The van der Waals surface area contributed by atoms with E-state index in [9.17, 15) is 9.59 Å². The lowest BCUT2D eigenvalue weighted by Crippen LogP contribution is -2.51. The summed E-state index contributed by atoms with van der Waals surface area (Å²) in [5.41, 5.74) is 1.13. The molecule has 1 unspecified atom stereocenters. The van der Waals surface area contributed by atoms with Crippen molar-refractivity contribution in [3.05, 3.63) is 29.8 Å². The van der Waals surface area contributed by atoms with Gasteiger partial charge < -0.3 is 19.5 Å². The molecule has 6 nitrogen and oxygen atoms in total. The van der Waals surface area contributed by atoms with E-state index in [0.717, 1.165) is 11.3 Å². The number of morpholine rings is 1. The molecule has 23 heavy (non-hydrogen) atoms. The molecule has 2 atom stereocenters. The molecular weight excluding hydrogens is 298 g/mol. The fraction of sp³-hybridized carbons (Fsp3) is 0.529. The number of carboxylic acid groups (broad SMARTS) is 1. The zero-order chi connectivity index (χ0) is 16.8. The number of rotatable bonds is 6. The molecule has 1 amide bonds. The van der Waals surface area contributed by atoms with E-state index in [4.69, 9.17) is 14.6 Å². The van der Waals surface area contributed by atoms with Gasteiger partial charge in [-0.15, -0.1) is 0 Å². The number of benzene rings is 1. The van der Waals surface area contributed by atoms with Crippen LogP contribution in [-0.4, -0.2) is 53.8 Å². The van der Waals surface area contributed by atoms with Crippen molar-refractivity contribution < 1.29 is 24.2 Å². The van der Waals surface area contributed by atoms with Gasteiger partial charge in [-0.25, -0.2) is 4.79 Å². The largest absolute Gasteiger partial charge is 0.494 e. The summed E-state index contributed by atoms with van der Waals surface area (Å²) in [5, 5.41) is 9.04. The highest BCUT2D eigenvalue weighted by Crippen LogP contribution is 2.15. The van der Waals surface area contributed by atoms with Crippen LogP contribution >= 0.6 is 0 Å². The Balaban J connectivity index is 1.75. The molecule has 1 heterocycles. The van der Waals surface area contributed by atoms with Crippen LogP contribution in [0.5, 0.6) is 5.75 Å². The second kappa shape index (κ2) is 7.97. The highest BCUT2D eigenvalue weighted by atomic mass is 16.5. The Labute approximate surface area is 136 Å². The van der Waals surface area contributed by atoms with Crippen LogP contribution in [0.1, 0.15) is 25.3 Å². The predicted octanol–water partition coefficient (Wildman–Crippen LogP) is 1.85. The molecule has 126 valence electrons. The maximum atomic E-state index is 12.2. The Morgan fingerprint density at radius 1 is 1.39 bits per heavy atom. The van der Waals surface area contributed by atoms with Crippen LogP contribution in [0.15, 0.2) is 24.3 Å². The molecule has 0 radical (unpaired) electrons. The summed E-state index contributed by atoms with van der Waals surface area (Å²) in [6.45, 7) is 4.76. The maximum absolute atomic E-state index is 12.2. The van der Waals surface area contributed by atoms with Crippen LogP contribution in [0.3, 0.4) is 0 Å². The summed E-state index contributed by atoms with van der Waals surface area (Å²) >= 11 is 0. The minimum atomic E-state index is -1.03. The second-order valence-electron chi connectivity index (χ2n) is 5.84. The van der Waals surface area contributed by atoms with Crippen LogP contribution < -0.4 is 4.74 Å². The van der Waals surface area contributed by atoms with Gasteiger partial charge in [-0.3, -0.25) is 4.79 Å². The average molecular weight is 321 g/mol. The fourth-order valence-corrected chi connectivity index (χ4v) is 2.57. The van der Waals surface area contributed by atoms with Gasteiger partial charge in [0.2, 0.25) is 5.91 Å². The molecule has 0 spiro atoms. The van der Waals surface area contributed by atoms with E-state index in [0.29, 0.717) is 26.0 Å². The van der Waals surface area contributed by atoms with Crippen molar-refractivity contribution in [1.82, 2.24) is 4.90 Å². The second-order valence-corrected chi connectivity index (χ2v) is 5.84. The first-order valence-electron chi connectivity index (χ1n) is 7.81. The van der Waals surface area contributed by atoms with Crippen molar-refractivity contribution in [2.24, 2.45) is 0 Å². The van der Waals surface area contributed by atoms with Crippen LogP contribution in [0.25, 0.3) is 0 Å². The highest BCUT2D eigenvalue weighted by molar-refractivity contribution is 5.78. The summed E-state index contributed by atoms with van der Waals surface area (Å²) in [6, 6.07) is 7.75. The smallest absolute Gasteiger partial charge is 0.334 e. The van der Waals surface area contributed by atoms with Gasteiger partial charge in [0.05, 0.1) is 19.3 Å². The van der Waals surface area contributed by atoms with Crippen molar-refractivity contribution in [1.29, 1.82) is 0 Å². The molecule has 1 fully saturated rings. The highest BCUT2D eigenvalue weighted by Gasteiger charge is 2.32. The predicted molar refractivity (Wildman–Crippen MR) is 84.5 cm³/mol. The molecule has 1 N–H and O–H groups in total. The van der Waals surface area contributed by atoms with E-state index < -0.39 is 12.1 Å². The van der Waals surface area contributed by atoms with Gasteiger partial charge in [-0.1, -0.05) is 12.1 Å². The third-order valence-electron chi connectivity index (χ3n) is 3.68. The molecule has 1 saturated heterocycles. The lowest BCUT2D eigenvalue weighted by Gasteiger charge is -2.35.